The number of fused-ring (bicyclic) bond motifs is 1. The summed E-state index contributed by atoms with van der Waals surface area (Å²) in [5.41, 5.74) is 4.57. The van der Waals surface area contributed by atoms with Crippen molar-refractivity contribution >= 4 is 11.5 Å². The minimum atomic E-state index is -0.941. The number of aryl methyl sites for hydroxylation is 1. The number of aromatic nitrogens is 1. The maximum atomic E-state index is 11.3. The maximum absolute atomic E-state index is 11.3. The number of rotatable bonds is 2. The van der Waals surface area contributed by atoms with E-state index in [0.717, 1.165) is 27.8 Å². The number of benzene rings is 1. The van der Waals surface area contributed by atoms with Crippen LogP contribution >= 0.6 is 0 Å². The van der Waals surface area contributed by atoms with Crippen molar-refractivity contribution in [3.8, 4) is 0 Å². The number of carbonyl (C=O) groups is 1. The Bertz CT molecular complexity index is 740. The van der Waals surface area contributed by atoms with Gasteiger partial charge in [0.15, 0.2) is 0 Å². The number of carboxylic acids is 1. The van der Waals surface area contributed by atoms with Gasteiger partial charge in [-0.05, 0) is 35.3 Å². The molecule has 1 aliphatic carbocycles. The molecule has 102 valence electrons. The van der Waals surface area contributed by atoms with Gasteiger partial charge in [0.05, 0.1) is 6.10 Å². The van der Waals surface area contributed by atoms with E-state index in [0.29, 0.717) is 0 Å². The third-order valence-corrected chi connectivity index (χ3v) is 3.82. The topological polar surface area (TPSA) is 62.5 Å². The zero-order valence-corrected chi connectivity index (χ0v) is 11.3. The molecule has 1 atom stereocenters. The van der Waals surface area contributed by atoms with Gasteiger partial charge in [0, 0.05) is 18.8 Å². The highest BCUT2D eigenvalue weighted by molar-refractivity contribution is 5.93. The predicted octanol–water partition coefficient (Wildman–Crippen LogP) is 2.51. The van der Waals surface area contributed by atoms with E-state index in [1.807, 2.05) is 24.3 Å². The molecule has 0 spiro atoms. The van der Waals surface area contributed by atoms with Crippen molar-refractivity contribution in [3.05, 3.63) is 64.5 Å². The Hall–Kier alpha value is -2.33. The second-order valence-corrected chi connectivity index (χ2v) is 5.04. The molecule has 0 fully saturated rings. The van der Waals surface area contributed by atoms with Crippen molar-refractivity contribution in [2.45, 2.75) is 13.0 Å². The Kier molecular flexibility index (Phi) is 2.76. The van der Waals surface area contributed by atoms with Gasteiger partial charge in [0.2, 0.25) is 0 Å². The normalized spacial score (nSPS) is 16.9. The van der Waals surface area contributed by atoms with E-state index in [1.54, 1.807) is 30.8 Å². The fourth-order valence-corrected chi connectivity index (χ4v) is 2.90. The Morgan fingerprint density at radius 2 is 1.95 bits per heavy atom. The van der Waals surface area contributed by atoms with Gasteiger partial charge in [-0.2, -0.15) is 0 Å². The van der Waals surface area contributed by atoms with E-state index in [1.165, 1.54) is 0 Å². The van der Waals surface area contributed by atoms with E-state index in [4.69, 9.17) is 0 Å². The largest absolute Gasteiger partial charge is 0.477 e. The Labute approximate surface area is 116 Å². The molecule has 0 bridgehead atoms. The van der Waals surface area contributed by atoms with Crippen molar-refractivity contribution < 1.29 is 15.0 Å². The zero-order chi connectivity index (χ0) is 14.4. The lowest BCUT2D eigenvalue weighted by Gasteiger charge is -2.05. The summed E-state index contributed by atoms with van der Waals surface area (Å²) in [5, 5.41) is 19.3. The van der Waals surface area contributed by atoms with Gasteiger partial charge in [-0.25, -0.2) is 4.79 Å². The molecule has 4 heteroatoms. The van der Waals surface area contributed by atoms with Gasteiger partial charge in [-0.3, -0.25) is 0 Å². The fraction of sp³-hybridized carbons (Fsp3) is 0.188. The molecular weight excluding hydrogens is 254 g/mol. The number of aliphatic hydroxyl groups is 1. The molecule has 20 heavy (non-hydrogen) atoms. The zero-order valence-electron chi connectivity index (χ0n) is 11.3. The molecule has 2 aromatic rings. The molecule has 0 amide bonds. The first-order valence-electron chi connectivity index (χ1n) is 6.39. The molecule has 0 aliphatic heterocycles. The van der Waals surface area contributed by atoms with Crippen LogP contribution in [0.15, 0.2) is 36.5 Å². The van der Waals surface area contributed by atoms with Crippen molar-refractivity contribution in [2.75, 3.05) is 0 Å². The Balaban J connectivity index is 2.19. The highest BCUT2D eigenvalue weighted by Gasteiger charge is 2.26. The summed E-state index contributed by atoms with van der Waals surface area (Å²) in [6.07, 6.45) is 2.95. The van der Waals surface area contributed by atoms with Gasteiger partial charge in [-0.15, -0.1) is 0 Å². The van der Waals surface area contributed by atoms with Crippen LogP contribution < -0.4 is 0 Å². The number of aliphatic hydroxyl groups excluding tert-OH is 1. The summed E-state index contributed by atoms with van der Waals surface area (Å²) >= 11 is 0. The number of carboxylic acid groups (broad SMARTS) is 1. The summed E-state index contributed by atoms with van der Waals surface area (Å²) in [6, 6.07) is 7.64. The molecule has 2 N–H and O–H groups in total. The smallest absolute Gasteiger partial charge is 0.352 e. The standard InChI is InChI=1S/C16H15NO3/c1-9-13(8-17(2)15(9)16(19)20)12-7-14(18)11-6-4-3-5-10(11)12/h3-8,14,18H,1-2H3,(H,19,20). The van der Waals surface area contributed by atoms with Gasteiger partial charge in [0.25, 0.3) is 0 Å². The molecule has 1 aromatic heterocycles. The monoisotopic (exact) mass is 269 g/mol. The van der Waals surface area contributed by atoms with E-state index >= 15 is 0 Å². The number of nitrogens with zero attached hydrogens (tertiary/aromatic N) is 1. The van der Waals surface area contributed by atoms with Crippen LogP contribution in [0.4, 0.5) is 0 Å². The molecule has 1 aliphatic rings. The fourth-order valence-electron chi connectivity index (χ4n) is 2.90. The second-order valence-electron chi connectivity index (χ2n) is 5.04. The first-order valence-corrected chi connectivity index (χ1v) is 6.39. The first-order chi connectivity index (χ1) is 9.50. The quantitative estimate of drug-likeness (QED) is 0.880. The lowest BCUT2D eigenvalue weighted by molar-refractivity contribution is 0.0685. The third kappa shape index (κ3) is 1.69. The van der Waals surface area contributed by atoms with Crippen LogP contribution in [0.25, 0.3) is 5.57 Å². The molecule has 3 rings (SSSR count). The number of aromatic carboxylic acids is 1. The third-order valence-electron chi connectivity index (χ3n) is 3.82. The van der Waals surface area contributed by atoms with Crippen LogP contribution in [-0.2, 0) is 7.05 Å². The van der Waals surface area contributed by atoms with Crippen LogP contribution in [0, 0.1) is 6.92 Å². The van der Waals surface area contributed by atoms with Gasteiger partial charge >= 0.3 is 5.97 Å². The van der Waals surface area contributed by atoms with E-state index in [2.05, 4.69) is 0 Å². The van der Waals surface area contributed by atoms with Crippen molar-refractivity contribution in [1.29, 1.82) is 0 Å². The minimum Gasteiger partial charge on any atom is -0.477 e. The predicted molar refractivity (Wildman–Crippen MR) is 75.6 cm³/mol. The van der Waals surface area contributed by atoms with Crippen molar-refractivity contribution in [2.24, 2.45) is 7.05 Å². The summed E-state index contributed by atoms with van der Waals surface area (Å²) in [6.45, 7) is 1.80. The minimum absolute atomic E-state index is 0.278. The lowest BCUT2D eigenvalue weighted by Crippen LogP contribution is -2.05. The number of hydrogen-bond acceptors (Lipinski definition) is 2. The molecule has 1 aromatic carbocycles. The molecule has 1 heterocycles. The molecule has 0 saturated carbocycles. The van der Waals surface area contributed by atoms with Crippen molar-refractivity contribution in [1.82, 2.24) is 4.57 Å². The van der Waals surface area contributed by atoms with E-state index in [9.17, 15) is 15.0 Å². The first kappa shape index (κ1) is 12.7. The van der Waals surface area contributed by atoms with E-state index in [-0.39, 0.29) is 5.69 Å². The van der Waals surface area contributed by atoms with Crippen LogP contribution in [0.3, 0.4) is 0 Å². The summed E-state index contributed by atoms with van der Waals surface area (Å²) < 4.78 is 1.61. The van der Waals surface area contributed by atoms with Gasteiger partial charge in [-0.1, -0.05) is 24.3 Å². The SMILES string of the molecule is Cc1c(C2=CC(O)c3ccccc32)cn(C)c1C(=O)O. The summed E-state index contributed by atoms with van der Waals surface area (Å²) in [4.78, 5) is 11.3. The Morgan fingerprint density at radius 1 is 1.25 bits per heavy atom. The van der Waals surface area contributed by atoms with Crippen LogP contribution in [-0.4, -0.2) is 20.7 Å². The maximum Gasteiger partial charge on any atom is 0.352 e. The van der Waals surface area contributed by atoms with E-state index < -0.39 is 12.1 Å². The molecule has 1 unspecified atom stereocenters. The van der Waals surface area contributed by atoms with Gasteiger partial charge < -0.3 is 14.8 Å². The molecular formula is C16H15NO3. The number of hydrogen-bond donors (Lipinski definition) is 2. The summed E-state index contributed by atoms with van der Waals surface area (Å²) in [7, 11) is 1.72. The molecule has 4 nitrogen and oxygen atoms in total. The molecule has 0 saturated heterocycles. The molecule has 0 radical (unpaired) electrons. The van der Waals surface area contributed by atoms with Crippen LogP contribution in [0.2, 0.25) is 0 Å². The lowest BCUT2D eigenvalue weighted by atomic mass is 9.98. The highest BCUT2D eigenvalue weighted by Crippen LogP contribution is 2.39. The van der Waals surface area contributed by atoms with Gasteiger partial charge in [0.1, 0.15) is 5.69 Å². The average Bonchev–Trinajstić information content (AvgIpc) is 2.88. The summed E-state index contributed by atoms with van der Waals surface area (Å²) in [5.74, 6) is -0.941. The highest BCUT2D eigenvalue weighted by atomic mass is 16.4. The van der Waals surface area contributed by atoms with Crippen LogP contribution in [0.5, 0.6) is 0 Å². The average molecular weight is 269 g/mol. The van der Waals surface area contributed by atoms with Crippen LogP contribution in [0.1, 0.15) is 38.8 Å². The Morgan fingerprint density at radius 3 is 2.60 bits per heavy atom. The van der Waals surface area contributed by atoms with Crippen molar-refractivity contribution in [3.63, 3.8) is 0 Å². The second kappa shape index (κ2) is 4.35.